The SMILES string of the molecule is COCC1CN(C(C)=O)CC12CCN(C(=O)CCc1cccc(OC)c1)CC2. The van der Waals surface area contributed by atoms with E-state index in [1.807, 2.05) is 34.1 Å². The molecule has 1 aromatic rings. The van der Waals surface area contributed by atoms with Gasteiger partial charge in [0.15, 0.2) is 0 Å². The fraction of sp³-hybridized carbons (Fsp3) is 0.636. The standard InChI is InChI=1S/C22H32N2O4/c1-17(25)24-14-19(15-27-2)22(16-24)9-11-23(12-10-22)21(26)8-7-18-5-4-6-20(13-18)28-3/h4-6,13,19H,7-12,14-16H2,1-3H3. The topological polar surface area (TPSA) is 59.1 Å². The van der Waals surface area contributed by atoms with Crippen molar-refractivity contribution in [2.45, 2.75) is 32.6 Å². The molecule has 1 aromatic carbocycles. The molecule has 28 heavy (non-hydrogen) atoms. The van der Waals surface area contributed by atoms with Crippen molar-refractivity contribution >= 4 is 11.8 Å². The third kappa shape index (κ3) is 4.49. The van der Waals surface area contributed by atoms with Crippen molar-refractivity contribution in [3.8, 4) is 5.75 Å². The first kappa shape index (κ1) is 20.6. The summed E-state index contributed by atoms with van der Waals surface area (Å²) in [5.74, 6) is 1.53. The largest absolute Gasteiger partial charge is 0.497 e. The lowest BCUT2D eigenvalue weighted by Gasteiger charge is -2.42. The maximum absolute atomic E-state index is 12.7. The van der Waals surface area contributed by atoms with Gasteiger partial charge in [0.1, 0.15) is 5.75 Å². The van der Waals surface area contributed by atoms with Gasteiger partial charge in [0, 0.05) is 52.6 Å². The van der Waals surface area contributed by atoms with Crippen molar-refractivity contribution in [1.82, 2.24) is 9.80 Å². The third-order valence-electron chi connectivity index (χ3n) is 6.50. The third-order valence-corrected chi connectivity index (χ3v) is 6.50. The lowest BCUT2D eigenvalue weighted by atomic mass is 9.71. The Morgan fingerprint density at radius 3 is 2.57 bits per heavy atom. The van der Waals surface area contributed by atoms with Crippen LogP contribution in [0.3, 0.4) is 0 Å². The number of likely N-dealkylation sites (tertiary alicyclic amines) is 2. The van der Waals surface area contributed by atoms with E-state index in [2.05, 4.69) is 0 Å². The van der Waals surface area contributed by atoms with Crippen molar-refractivity contribution in [3.05, 3.63) is 29.8 Å². The van der Waals surface area contributed by atoms with Crippen molar-refractivity contribution in [1.29, 1.82) is 0 Å². The second-order valence-corrected chi connectivity index (χ2v) is 8.15. The molecule has 154 valence electrons. The molecule has 6 heteroatoms. The summed E-state index contributed by atoms with van der Waals surface area (Å²) >= 11 is 0. The molecule has 1 atom stereocenters. The van der Waals surface area contributed by atoms with E-state index in [1.165, 1.54) is 0 Å². The van der Waals surface area contributed by atoms with Crippen LogP contribution in [-0.2, 0) is 20.7 Å². The zero-order chi connectivity index (χ0) is 20.1. The molecule has 3 rings (SSSR count). The molecule has 2 aliphatic rings. The number of piperidine rings is 1. The van der Waals surface area contributed by atoms with E-state index in [0.717, 1.165) is 56.8 Å². The second-order valence-electron chi connectivity index (χ2n) is 8.15. The van der Waals surface area contributed by atoms with Gasteiger partial charge < -0.3 is 19.3 Å². The molecule has 6 nitrogen and oxygen atoms in total. The summed E-state index contributed by atoms with van der Waals surface area (Å²) in [6.07, 6.45) is 3.12. The van der Waals surface area contributed by atoms with Crippen LogP contribution in [0.25, 0.3) is 0 Å². The molecular weight excluding hydrogens is 356 g/mol. The number of ether oxygens (including phenoxy) is 2. The van der Waals surface area contributed by atoms with Crippen molar-refractivity contribution in [3.63, 3.8) is 0 Å². The number of carbonyl (C=O) groups excluding carboxylic acids is 2. The van der Waals surface area contributed by atoms with Gasteiger partial charge in [-0.1, -0.05) is 12.1 Å². The molecule has 2 heterocycles. The number of hydrogen-bond donors (Lipinski definition) is 0. The smallest absolute Gasteiger partial charge is 0.222 e. The molecule has 2 aliphatic heterocycles. The lowest BCUT2D eigenvalue weighted by molar-refractivity contribution is -0.134. The van der Waals surface area contributed by atoms with Gasteiger partial charge in [0.05, 0.1) is 13.7 Å². The molecule has 0 saturated carbocycles. The van der Waals surface area contributed by atoms with E-state index in [9.17, 15) is 9.59 Å². The predicted octanol–water partition coefficient (Wildman–Crippen LogP) is 2.36. The number of hydrogen-bond acceptors (Lipinski definition) is 4. The minimum atomic E-state index is 0.0885. The summed E-state index contributed by atoms with van der Waals surface area (Å²) in [7, 11) is 3.38. The van der Waals surface area contributed by atoms with Crippen LogP contribution in [0.5, 0.6) is 5.75 Å². The van der Waals surface area contributed by atoms with E-state index < -0.39 is 0 Å². The van der Waals surface area contributed by atoms with Crippen LogP contribution >= 0.6 is 0 Å². The number of nitrogens with zero attached hydrogens (tertiary/aromatic N) is 2. The Morgan fingerprint density at radius 2 is 1.93 bits per heavy atom. The zero-order valence-corrected chi connectivity index (χ0v) is 17.3. The molecule has 0 aliphatic carbocycles. The van der Waals surface area contributed by atoms with Crippen LogP contribution < -0.4 is 4.74 Å². The fourth-order valence-corrected chi connectivity index (χ4v) is 4.71. The highest BCUT2D eigenvalue weighted by molar-refractivity contribution is 5.76. The highest BCUT2D eigenvalue weighted by atomic mass is 16.5. The van der Waals surface area contributed by atoms with E-state index >= 15 is 0 Å². The Morgan fingerprint density at radius 1 is 1.18 bits per heavy atom. The van der Waals surface area contributed by atoms with Gasteiger partial charge in [-0.3, -0.25) is 9.59 Å². The molecule has 0 bridgehead atoms. The minimum Gasteiger partial charge on any atom is -0.497 e. The fourth-order valence-electron chi connectivity index (χ4n) is 4.71. The summed E-state index contributed by atoms with van der Waals surface area (Å²) < 4.78 is 10.7. The Bertz CT molecular complexity index is 698. The molecule has 1 unspecified atom stereocenters. The lowest BCUT2D eigenvalue weighted by Crippen LogP contribution is -2.47. The quantitative estimate of drug-likeness (QED) is 0.751. The number of amides is 2. The van der Waals surface area contributed by atoms with E-state index in [-0.39, 0.29) is 17.2 Å². The average molecular weight is 389 g/mol. The second kappa shape index (κ2) is 8.95. The first-order valence-electron chi connectivity index (χ1n) is 10.1. The number of aryl methyl sites for hydroxylation is 1. The molecule has 0 radical (unpaired) electrons. The summed E-state index contributed by atoms with van der Waals surface area (Å²) in [4.78, 5) is 28.5. The minimum absolute atomic E-state index is 0.0885. The average Bonchev–Trinajstić information content (AvgIpc) is 3.05. The summed E-state index contributed by atoms with van der Waals surface area (Å²) in [6.45, 7) is 5.41. The zero-order valence-electron chi connectivity index (χ0n) is 17.3. The maximum Gasteiger partial charge on any atom is 0.222 e. The van der Waals surface area contributed by atoms with Crippen molar-refractivity contribution in [2.75, 3.05) is 47.0 Å². The van der Waals surface area contributed by atoms with E-state index in [1.54, 1.807) is 21.1 Å². The molecular formula is C22H32N2O4. The number of rotatable bonds is 6. The summed E-state index contributed by atoms with van der Waals surface area (Å²) in [5, 5.41) is 0. The first-order valence-corrected chi connectivity index (χ1v) is 10.1. The Labute approximate surface area is 167 Å². The first-order chi connectivity index (χ1) is 13.5. The summed E-state index contributed by atoms with van der Waals surface area (Å²) in [5.41, 5.74) is 1.21. The Kier molecular flexibility index (Phi) is 6.60. The van der Waals surface area contributed by atoms with Crippen LogP contribution in [0, 0.1) is 11.3 Å². The van der Waals surface area contributed by atoms with Crippen LogP contribution in [0.1, 0.15) is 31.7 Å². The molecule has 0 aromatic heterocycles. The summed E-state index contributed by atoms with van der Waals surface area (Å²) in [6, 6.07) is 7.89. The van der Waals surface area contributed by atoms with Gasteiger partial charge in [0.2, 0.25) is 11.8 Å². The van der Waals surface area contributed by atoms with Gasteiger partial charge in [-0.2, -0.15) is 0 Å². The van der Waals surface area contributed by atoms with Crippen LogP contribution in [0.2, 0.25) is 0 Å². The highest BCUT2D eigenvalue weighted by Gasteiger charge is 2.48. The van der Waals surface area contributed by atoms with Gasteiger partial charge in [0.25, 0.3) is 0 Å². The van der Waals surface area contributed by atoms with Gasteiger partial charge in [-0.05, 0) is 42.4 Å². The van der Waals surface area contributed by atoms with Gasteiger partial charge in [-0.25, -0.2) is 0 Å². The molecule has 2 fully saturated rings. The molecule has 2 amide bonds. The molecule has 2 saturated heterocycles. The van der Waals surface area contributed by atoms with Crippen LogP contribution in [0.4, 0.5) is 0 Å². The number of methoxy groups -OCH3 is 2. The monoisotopic (exact) mass is 388 g/mol. The van der Waals surface area contributed by atoms with Gasteiger partial charge in [-0.15, -0.1) is 0 Å². The number of benzene rings is 1. The number of carbonyl (C=O) groups is 2. The Balaban J connectivity index is 1.55. The van der Waals surface area contributed by atoms with Gasteiger partial charge >= 0.3 is 0 Å². The van der Waals surface area contributed by atoms with Crippen molar-refractivity contribution in [2.24, 2.45) is 11.3 Å². The normalized spacial score (nSPS) is 21.2. The maximum atomic E-state index is 12.7. The van der Waals surface area contributed by atoms with Crippen LogP contribution in [-0.4, -0.2) is 68.6 Å². The Hall–Kier alpha value is -2.08. The molecule has 0 N–H and O–H groups in total. The molecule has 1 spiro atoms. The van der Waals surface area contributed by atoms with E-state index in [4.69, 9.17) is 9.47 Å². The highest BCUT2D eigenvalue weighted by Crippen LogP contribution is 2.45. The van der Waals surface area contributed by atoms with E-state index in [0.29, 0.717) is 18.9 Å². The van der Waals surface area contributed by atoms with Crippen molar-refractivity contribution < 1.29 is 19.1 Å². The van der Waals surface area contributed by atoms with Crippen LogP contribution in [0.15, 0.2) is 24.3 Å². The predicted molar refractivity (Wildman–Crippen MR) is 107 cm³/mol.